The van der Waals surface area contributed by atoms with E-state index in [0.717, 1.165) is 5.56 Å². The fourth-order valence-electron chi connectivity index (χ4n) is 3.90. The number of fused-ring (bicyclic) bond motifs is 3. The van der Waals surface area contributed by atoms with Crippen molar-refractivity contribution >= 4 is 17.7 Å². The van der Waals surface area contributed by atoms with E-state index in [1.807, 2.05) is 12.1 Å². The molecule has 4 heteroatoms. The number of carbonyl (C=O) groups is 1. The average Bonchev–Trinajstić information content (AvgIpc) is 2.97. The molecule has 0 bridgehead atoms. The van der Waals surface area contributed by atoms with Crippen LogP contribution in [0, 0.1) is 6.92 Å². The van der Waals surface area contributed by atoms with Gasteiger partial charge in [0.05, 0.1) is 4.75 Å². The highest BCUT2D eigenvalue weighted by Gasteiger charge is 2.45. The van der Waals surface area contributed by atoms with Crippen LogP contribution in [-0.4, -0.2) is 22.9 Å². The fourth-order valence-corrected chi connectivity index (χ4v) is 5.43. The van der Waals surface area contributed by atoms with E-state index in [9.17, 15) is 9.90 Å². The molecular weight excluding hydrogens is 354 g/mol. The van der Waals surface area contributed by atoms with Gasteiger partial charge in [-0.15, -0.1) is 11.8 Å². The Hall–Kier alpha value is -2.56. The normalized spacial score (nSPS) is 15.0. The maximum absolute atomic E-state index is 11.4. The Morgan fingerprint density at radius 3 is 2.15 bits per heavy atom. The molecule has 27 heavy (non-hydrogen) atoms. The molecule has 0 aliphatic heterocycles. The zero-order valence-electron chi connectivity index (χ0n) is 15.1. The van der Waals surface area contributed by atoms with Crippen LogP contribution in [0.5, 0.6) is 0 Å². The lowest BCUT2D eigenvalue weighted by atomic mass is 9.87. The molecule has 3 aromatic carbocycles. The molecule has 3 N–H and O–H groups in total. The highest BCUT2D eigenvalue weighted by Crippen LogP contribution is 2.58. The largest absolute Gasteiger partial charge is 0.480 e. The fraction of sp³-hybridized carbons (Fsp3) is 0.174. The van der Waals surface area contributed by atoms with Crippen molar-refractivity contribution in [2.45, 2.75) is 17.7 Å². The molecule has 0 spiro atoms. The maximum Gasteiger partial charge on any atom is 0.321 e. The number of thioether (sulfide) groups is 1. The molecule has 3 nitrogen and oxygen atoms in total. The Morgan fingerprint density at radius 2 is 1.59 bits per heavy atom. The SMILES string of the molecule is Cc1cccc(C2(SCC(N)C(=O)O)c3ccccc3-c3ccccc32)c1. The third kappa shape index (κ3) is 2.85. The number of rotatable bonds is 5. The third-order valence-electron chi connectivity index (χ3n) is 5.12. The van der Waals surface area contributed by atoms with Gasteiger partial charge < -0.3 is 10.8 Å². The third-order valence-corrected chi connectivity index (χ3v) is 6.76. The molecular formula is C23H21NO2S. The van der Waals surface area contributed by atoms with E-state index in [2.05, 4.69) is 67.6 Å². The number of hydrogen-bond donors (Lipinski definition) is 2. The van der Waals surface area contributed by atoms with Crippen molar-refractivity contribution in [2.24, 2.45) is 5.73 Å². The Labute approximate surface area is 163 Å². The van der Waals surface area contributed by atoms with Gasteiger partial charge in [0.1, 0.15) is 6.04 Å². The summed E-state index contributed by atoms with van der Waals surface area (Å²) in [5, 5.41) is 9.31. The summed E-state index contributed by atoms with van der Waals surface area (Å²) in [6, 6.07) is 24.3. The molecule has 0 radical (unpaired) electrons. The Morgan fingerprint density at radius 1 is 1.00 bits per heavy atom. The molecule has 0 amide bonds. The zero-order chi connectivity index (χ0) is 19.0. The van der Waals surface area contributed by atoms with Gasteiger partial charge in [-0.2, -0.15) is 0 Å². The Bertz CT molecular complexity index is 969. The topological polar surface area (TPSA) is 63.3 Å². The summed E-state index contributed by atoms with van der Waals surface area (Å²) in [7, 11) is 0. The van der Waals surface area contributed by atoms with Crippen molar-refractivity contribution in [3.05, 3.63) is 95.1 Å². The van der Waals surface area contributed by atoms with E-state index < -0.39 is 16.8 Å². The van der Waals surface area contributed by atoms with Crippen molar-refractivity contribution in [2.75, 3.05) is 5.75 Å². The summed E-state index contributed by atoms with van der Waals surface area (Å²) in [5.74, 6) is -0.646. The summed E-state index contributed by atoms with van der Waals surface area (Å²) in [6.07, 6.45) is 0. The first-order valence-electron chi connectivity index (χ1n) is 8.93. The van der Waals surface area contributed by atoms with E-state index in [0.29, 0.717) is 5.75 Å². The highest BCUT2D eigenvalue weighted by molar-refractivity contribution is 8.00. The summed E-state index contributed by atoms with van der Waals surface area (Å²) in [6.45, 7) is 2.08. The van der Waals surface area contributed by atoms with Crippen LogP contribution < -0.4 is 5.73 Å². The van der Waals surface area contributed by atoms with Crippen LogP contribution >= 0.6 is 11.8 Å². The second-order valence-corrected chi connectivity index (χ2v) is 8.13. The van der Waals surface area contributed by atoms with Gasteiger partial charge in [-0.05, 0) is 34.7 Å². The van der Waals surface area contributed by atoms with E-state index in [1.165, 1.54) is 27.8 Å². The molecule has 1 aliphatic rings. The first-order valence-corrected chi connectivity index (χ1v) is 9.91. The minimum atomic E-state index is -0.971. The highest BCUT2D eigenvalue weighted by atomic mass is 32.2. The molecule has 1 aliphatic carbocycles. The van der Waals surface area contributed by atoms with Gasteiger partial charge in [0.2, 0.25) is 0 Å². The quantitative estimate of drug-likeness (QED) is 0.693. The molecule has 1 atom stereocenters. The number of carboxylic acid groups (broad SMARTS) is 1. The summed E-state index contributed by atoms with van der Waals surface area (Å²) < 4.78 is -0.466. The number of aliphatic carboxylic acids is 1. The lowest BCUT2D eigenvalue weighted by Crippen LogP contribution is -2.35. The second kappa shape index (κ2) is 6.87. The summed E-state index contributed by atoms with van der Waals surface area (Å²) in [4.78, 5) is 11.4. The molecule has 1 unspecified atom stereocenters. The van der Waals surface area contributed by atoms with Gasteiger partial charge in [0.25, 0.3) is 0 Å². The maximum atomic E-state index is 11.4. The molecule has 0 aromatic heterocycles. The van der Waals surface area contributed by atoms with Gasteiger partial charge in [0, 0.05) is 5.75 Å². The number of nitrogens with two attached hydrogens (primary N) is 1. The van der Waals surface area contributed by atoms with Crippen LogP contribution in [0.25, 0.3) is 11.1 Å². The van der Waals surface area contributed by atoms with Crippen LogP contribution in [0.3, 0.4) is 0 Å². The van der Waals surface area contributed by atoms with E-state index in [4.69, 9.17) is 5.73 Å². The van der Waals surface area contributed by atoms with Crippen molar-refractivity contribution < 1.29 is 9.90 Å². The average molecular weight is 375 g/mol. The van der Waals surface area contributed by atoms with Crippen LogP contribution in [0.2, 0.25) is 0 Å². The first-order chi connectivity index (χ1) is 13.0. The molecule has 3 aromatic rings. The number of benzene rings is 3. The van der Waals surface area contributed by atoms with Crippen LogP contribution in [0.15, 0.2) is 72.8 Å². The van der Waals surface area contributed by atoms with Crippen molar-refractivity contribution in [1.29, 1.82) is 0 Å². The minimum Gasteiger partial charge on any atom is -0.480 e. The molecule has 0 heterocycles. The predicted molar refractivity (Wildman–Crippen MR) is 111 cm³/mol. The first kappa shape index (κ1) is 17.8. The number of aryl methyl sites for hydroxylation is 1. The van der Waals surface area contributed by atoms with Crippen molar-refractivity contribution in [3.8, 4) is 11.1 Å². The zero-order valence-corrected chi connectivity index (χ0v) is 15.9. The Kier molecular flexibility index (Phi) is 4.54. The van der Waals surface area contributed by atoms with Crippen LogP contribution in [-0.2, 0) is 9.54 Å². The Balaban J connectivity index is 1.97. The van der Waals surface area contributed by atoms with Crippen LogP contribution in [0.4, 0.5) is 0 Å². The lowest BCUT2D eigenvalue weighted by Gasteiger charge is -2.33. The van der Waals surface area contributed by atoms with Gasteiger partial charge in [-0.3, -0.25) is 4.79 Å². The van der Waals surface area contributed by atoms with E-state index >= 15 is 0 Å². The molecule has 0 saturated carbocycles. The molecule has 4 rings (SSSR count). The van der Waals surface area contributed by atoms with Crippen molar-refractivity contribution in [1.82, 2.24) is 0 Å². The molecule has 136 valence electrons. The lowest BCUT2D eigenvalue weighted by molar-refractivity contribution is -0.137. The second-order valence-electron chi connectivity index (χ2n) is 6.90. The van der Waals surface area contributed by atoms with E-state index in [-0.39, 0.29) is 0 Å². The van der Waals surface area contributed by atoms with Crippen LogP contribution in [0.1, 0.15) is 22.3 Å². The number of hydrogen-bond acceptors (Lipinski definition) is 3. The van der Waals surface area contributed by atoms with Crippen molar-refractivity contribution in [3.63, 3.8) is 0 Å². The van der Waals surface area contributed by atoms with Gasteiger partial charge >= 0.3 is 5.97 Å². The summed E-state index contributed by atoms with van der Waals surface area (Å²) in [5.41, 5.74) is 13.0. The van der Waals surface area contributed by atoms with Gasteiger partial charge in [-0.1, -0.05) is 78.4 Å². The minimum absolute atomic E-state index is 0.325. The number of carboxylic acids is 1. The smallest absolute Gasteiger partial charge is 0.321 e. The molecule has 0 saturated heterocycles. The summed E-state index contributed by atoms with van der Waals surface area (Å²) >= 11 is 1.61. The molecule has 0 fully saturated rings. The predicted octanol–water partition coefficient (Wildman–Crippen LogP) is 4.41. The standard InChI is InChI=1S/C23H21NO2S/c1-15-7-6-8-16(13-15)23(27-14-21(24)22(25)26)19-11-4-2-9-17(19)18-10-3-5-12-20(18)23/h2-13,21H,14,24H2,1H3,(H,25,26). The van der Waals surface area contributed by atoms with Gasteiger partial charge in [-0.25, -0.2) is 0 Å². The monoisotopic (exact) mass is 375 g/mol. The van der Waals surface area contributed by atoms with Gasteiger partial charge in [0.15, 0.2) is 0 Å². The van der Waals surface area contributed by atoms with E-state index in [1.54, 1.807) is 11.8 Å².